The summed E-state index contributed by atoms with van der Waals surface area (Å²) in [4.78, 5) is 22.8. The Balaban J connectivity index is 0.000000885. The summed E-state index contributed by atoms with van der Waals surface area (Å²) < 4.78 is 26.9. The molecule has 1 aromatic carbocycles. The van der Waals surface area contributed by atoms with Crippen molar-refractivity contribution in [1.29, 1.82) is 0 Å². The number of rotatable bonds is 5. The van der Waals surface area contributed by atoms with E-state index in [-0.39, 0.29) is 16.9 Å². The Morgan fingerprint density at radius 3 is 2.19 bits per heavy atom. The van der Waals surface area contributed by atoms with Crippen LogP contribution in [-0.4, -0.2) is 39.7 Å². The maximum absolute atomic E-state index is 13.3. The normalized spacial score (nSPS) is 9.19. The van der Waals surface area contributed by atoms with Gasteiger partial charge < -0.3 is 14.2 Å². The number of hydrogen-bond acceptors (Lipinski definition) is 5. The van der Waals surface area contributed by atoms with E-state index in [9.17, 15) is 14.0 Å². The molecule has 0 unspecified atom stereocenters. The molecule has 5 nitrogen and oxygen atoms in total. The lowest BCUT2D eigenvalue weighted by atomic mass is 10.0. The molecule has 0 saturated carbocycles. The molecule has 0 heterocycles. The van der Waals surface area contributed by atoms with Crippen LogP contribution in [0, 0.1) is 5.82 Å². The number of carbonyl (C=O) groups is 2. The zero-order valence-corrected chi connectivity index (χ0v) is 12.6. The van der Waals surface area contributed by atoms with Gasteiger partial charge in [-0.3, -0.25) is 4.79 Å². The summed E-state index contributed by atoms with van der Waals surface area (Å²) in [5.74, 6) is -2.19. The van der Waals surface area contributed by atoms with Crippen LogP contribution in [0.2, 0.25) is 0 Å². The molecule has 0 aliphatic heterocycles. The van der Waals surface area contributed by atoms with Gasteiger partial charge in [-0.25, -0.2) is 9.18 Å². The van der Waals surface area contributed by atoms with E-state index in [1.54, 1.807) is 7.11 Å². The highest BCUT2D eigenvalue weighted by Gasteiger charge is 2.19. The van der Waals surface area contributed by atoms with E-state index in [2.05, 4.69) is 16.1 Å². The van der Waals surface area contributed by atoms with Gasteiger partial charge >= 0.3 is 5.97 Å². The average molecular weight is 298 g/mol. The Morgan fingerprint density at radius 1 is 1.24 bits per heavy atom. The Labute approximate surface area is 123 Å². The first-order chi connectivity index (χ1) is 9.92. The molecule has 0 saturated heterocycles. The van der Waals surface area contributed by atoms with E-state index < -0.39 is 17.6 Å². The zero-order valence-electron chi connectivity index (χ0n) is 12.6. The van der Waals surface area contributed by atoms with Crippen molar-refractivity contribution in [2.45, 2.75) is 6.92 Å². The number of halogens is 1. The number of Topliss-reactive ketones (excluding diaryl/α,β-unsaturated/α-hetero) is 1. The first-order valence-corrected chi connectivity index (χ1v) is 6.07. The third-order valence-corrected chi connectivity index (χ3v) is 2.41. The number of ketones is 1. The largest absolute Gasteiger partial charge is 0.494 e. The standard InChI is InChI=1S/C12H11FO4.C3H8O/c1-7(12(15)17-3)11(14)8-4-5-10(16-2)9(13)6-8;1-3-4-2/h4-6H,1H2,2-3H3;3H2,1-2H3. The number of methoxy groups -OCH3 is 3. The smallest absolute Gasteiger partial charge is 0.341 e. The molecule has 0 N–H and O–H groups in total. The summed E-state index contributed by atoms with van der Waals surface area (Å²) in [5, 5.41) is 0. The van der Waals surface area contributed by atoms with Gasteiger partial charge in [0.05, 0.1) is 14.2 Å². The number of carbonyl (C=O) groups excluding carboxylic acids is 2. The molecule has 21 heavy (non-hydrogen) atoms. The van der Waals surface area contributed by atoms with Gasteiger partial charge in [-0.15, -0.1) is 0 Å². The summed E-state index contributed by atoms with van der Waals surface area (Å²) in [7, 11) is 4.13. The second-order valence-electron chi connectivity index (χ2n) is 3.73. The highest BCUT2D eigenvalue weighted by Crippen LogP contribution is 2.19. The third-order valence-electron chi connectivity index (χ3n) is 2.41. The number of benzene rings is 1. The summed E-state index contributed by atoms with van der Waals surface area (Å²) in [6.07, 6.45) is 0. The fourth-order valence-electron chi connectivity index (χ4n) is 1.20. The van der Waals surface area contributed by atoms with Gasteiger partial charge in [0.25, 0.3) is 0 Å². The Bertz CT molecular complexity index is 509. The molecule has 0 bridgehead atoms. The minimum Gasteiger partial charge on any atom is -0.494 e. The fourth-order valence-corrected chi connectivity index (χ4v) is 1.20. The van der Waals surface area contributed by atoms with Crippen molar-refractivity contribution < 1.29 is 28.2 Å². The van der Waals surface area contributed by atoms with Crippen molar-refractivity contribution >= 4 is 11.8 Å². The molecule has 0 spiro atoms. The highest BCUT2D eigenvalue weighted by atomic mass is 19.1. The molecule has 6 heteroatoms. The van der Waals surface area contributed by atoms with Gasteiger partial charge in [-0.05, 0) is 25.1 Å². The van der Waals surface area contributed by atoms with Crippen molar-refractivity contribution in [3.63, 3.8) is 0 Å². The first-order valence-electron chi connectivity index (χ1n) is 6.07. The van der Waals surface area contributed by atoms with Crippen LogP contribution in [0.5, 0.6) is 5.75 Å². The van der Waals surface area contributed by atoms with Gasteiger partial charge in [0.1, 0.15) is 5.57 Å². The lowest BCUT2D eigenvalue weighted by Gasteiger charge is -2.05. The SMILES string of the molecule is C=C(C(=O)OC)C(=O)c1ccc(OC)c(F)c1.CCOC. The quantitative estimate of drug-likeness (QED) is 0.275. The van der Waals surface area contributed by atoms with Crippen LogP contribution in [0.4, 0.5) is 4.39 Å². The van der Waals surface area contributed by atoms with Crippen molar-refractivity contribution in [2.24, 2.45) is 0 Å². The van der Waals surface area contributed by atoms with Gasteiger partial charge in [0.2, 0.25) is 0 Å². The topological polar surface area (TPSA) is 61.8 Å². The number of hydrogen-bond donors (Lipinski definition) is 0. The zero-order chi connectivity index (χ0) is 16.4. The summed E-state index contributed by atoms with van der Waals surface area (Å²) in [6.45, 7) is 6.07. The molecule has 1 aromatic rings. The maximum atomic E-state index is 13.3. The molecule has 0 atom stereocenters. The van der Waals surface area contributed by atoms with E-state index in [0.717, 1.165) is 19.8 Å². The minimum atomic E-state index is -0.841. The molecule has 0 aliphatic rings. The van der Waals surface area contributed by atoms with Crippen LogP contribution < -0.4 is 4.74 Å². The van der Waals surface area contributed by atoms with Crippen molar-refractivity contribution in [3.8, 4) is 5.75 Å². The third kappa shape index (κ3) is 5.74. The predicted molar refractivity (Wildman–Crippen MR) is 76.0 cm³/mol. The second-order valence-corrected chi connectivity index (χ2v) is 3.73. The fraction of sp³-hybridized carbons (Fsp3) is 0.333. The molecule has 1 rings (SSSR count). The van der Waals surface area contributed by atoms with Crippen molar-refractivity contribution in [2.75, 3.05) is 27.9 Å². The lowest BCUT2D eigenvalue weighted by molar-refractivity contribution is -0.135. The molecule has 0 aliphatic carbocycles. The average Bonchev–Trinajstić information content (AvgIpc) is 2.52. The summed E-state index contributed by atoms with van der Waals surface area (Å²) in [5.41, 5.74) is -0.337. The summed E-state index contributed by atoms with van der Waals surface area (Å²) >= 11 is 0. The molecule has 0 amide bonds. The van der Waals surface area contributed by atoms with Crippen LogP contribution in [0.1, 0.15) is 17.3 Å². The van der Waals surface area contributed by atoms with E-state index in [1.807, 2.05) is 6.92 Å². The van der Waals surface area contributed by atoms with Gasteiger partial charge in [-0.2, -0.15) is 0 Å². The number of ether oxygens (including phenoxy) is 3. The van der Waals surface area contributed by atoms with Crippen LogP contribution >= 0.6 is 0 Å². The molecule has 0 radical (unpaired) electrons. The predicted octanol–water partition coefficient (Wildman–Crippen LogP) is 2.40. The molecular weight excluding hydrogens is 279 g/mol. The Kier molecular flexibility index (Phi) is 8.64. The first kappa shape index (κ1) is 18.8. The monoisotopic (exact) mass is 298 g/mol. The van der Waals surface area contributed by atoms with E-state index in [4.69, 9.17) is 4.74 Å². The summed E-state index contributed by atoms with van der Waals surface area (Å²) in [6, 6.07) is 3.63. The van der Waals surface area contributed by atoms with E-state index >= 15 is 0 Å². The lowest BCUT2D eigenvalue weighted by Crippen LogP contribution is -2.13. The molecule has 0 fully saturated rings. The maximum Gasteiger partial charge on any atom is 0.341 e. The number of esters is 1. The van der Waals surface area contributed by atoms with Crippen LogP contribution in [-0.2, 0) is 14.3 Å². The van der Waals surface area contributed by atoms with Gasteiger partial charge in [-0.1, -0.05) is 6.58 Å². The van der Waals surface area contributed by atoms with Crippen molar-refractivity contribution in [1.82, 2.24) is 0 Å². The van der Waals surface area contributed by atoms with Gasteiger partial charge in [0.15, 0.2) is 17.3 Å². The van der Waals surface area contributed by atoms with Crippen molar-refractivity contribution in [3.05, 3.63) is 41.7 Å². The van der Waals surface area contributed by atoms with Crippen LogP contribution in [0.3, 0.4) is 0 Å². The van der Waals surface area contributed by atoms with E-state index in [1.165, 1.54) is 19.2 Å². The molecule has 116 valence electrons. The van der Waals surface area contributed by atoms with Crippen LogP contribution in [0.15, 0.2) is 30.4 Å². The highest BCUT2D eigenvalue weighted by molar-refractivity contribution is 6.23. The van der Waals surface area contributed by atoms with Crippen LogP contribution in [0.25, 0.3) is 0 Å². The van der Waals surface area contributed by atoms with E-state index in [0.29, 0.717) is 0 Å². The Hall–Kier alpha value is -2.21. The molecule has 0 aromatic heterocycles. The second kappa shape index (κ2) is 9.66. The van der Waals surface area contributed by atoms with Gasteiger partial charge in [0, 0.05) is 19.3 Å². The Morgan fingerprint density at radius 2 is 1.81 bits per heavy atom. The minimum absolute atomic E-state index is 0.0127. The molecular formula is C15H19FO5.